The topological polar surface area (TPSA) is 57.6 Å². The van der Waals surface area contributed by atoms with E-state index in [1.165, 1.54) is 0 Å². The highest BCUT2D eigenvalue weighted by molar-refractivity contribution is 7.07. The molecule has 104 valence electrons. The number of aliphatic carboxylic acids is 1. The number of nitrogens with zero attached hydrogens (tertiary/aromatic N) is 1. The van der Waals surface area contributed by atoms with Crippen LogP contribution in [0.1, 0.15) is 37.7 Å². The molecule has 1 aliphatic heterocycles. The summed E-state index contributed by atoms with van der Waals surface area (Å²) in [5, 5.41) is 12.7. The van der Waals surface area contributed by atoms with E-state index in [0.717, 1.165) is 31.4 Å². The summed E-state index contributed by atoms with van der Waals surface area (Å²) in [7, 11) is 0. The van der Waals surface area contributed by atoms with Crippen molar-refractivity contribution in [2.45, 2.75) is 44.6 Å². The quantitative estimate of drug-likeness (QED) is 0.902. The van der Waals surface area contributed by atoms with E-state index in [4.69, 9.17) is 5.11 Å². The second kappa shape index (κ2) is 6.70. The van der Waals surface area contributed by atoms with Gasteiger partial charge in [-0.2, -0.15) is 11.3 Å². The fraction of sp³-hybridized carbons (Fsp3) is 0.571. The normalized spacial score (nSPS) is 19.4. The number of carbonyl (C=O) groups excluding carboxylic acids is 1. The Labute approximate surface area is 117 Å². The van der Waals surface area contributed by atoms with Gasteiger partial charge in [0.25, 0.3) is 0 Å². The molecule has 0 spiro atoms. The van der Waals surface area contributed by atoms with E-state index < -0.39 is 5.97 Å². The molecule has 2 heterocycles. The Morgan fingerprint density at radius 1 is 1.42 bits per heavy atom. The SMILES string of the molecule is O=C(O)CC[C@H]1CCCCN1C(=O)Cc1ccsc1. The van der Waals surface area contributed by atoms with E-state index in [1.54, 1.807) is 11.3 Å². The number of thiophene rings is 1. The van der Waals surface area contributed by atoms with Crippen LogP contribution in [-0.2, 0) is 16.0 Å². The summed E-state index contributed by atoms with van der Waals surface area (Å²) in [6.45, 7) is 0.771. The van der Waals surface area contributed by atoms with Crippen LogP contribution in [0.25, 0.3) is 0 Å². The van der Waals surface area contributed by atoms with Crippen molar-refractivity contribution >= 4 is 23.2 Å². The summed E-state index contributed by atoms with van der Waals surface area (Å²) in [5.74, 6) is -0.649. The van der Waals surface area contributed by atoms with E-state index in [2.05, 4.69) is 0 Å². The number of piperidine rings is 1. The number of hydrogen-bond donors (Lipinski definition) is 1. The van der Waals surface area contributed by atoms with Gasteiger partial charge in [0.2, 0.25) is 5.91 Å². The van der Waals surface area contributed by atoms with Crippen LogP contribution in [0.2, 0.25) is 0 Å². The summed E-state index contributed by atoms with van der Waals surface area (Å²) in [6.07, 6.45) is 4.21. The van der Waals surface area contributed by atoms with Crippen molar-refractivity contribution in [1.29, 1.82) is 0 Å². The minimum Gasteiger partial charge on any atom is -0.481 e. The molecule has 19 heavy (non-hydrogen) atoms. The minimum absolute atomic E-state index is 0.107. The highest BCUT2D eigenvalue weighted by Crippen LogP contribution is 2.22. The Hall–Kier alpha value is -1.36. The molecular formula is C14H19NO3S. The van der Waals surface area contributed by atoms with Crippen molar-refractivity contribution in [2.75, 3.05) is 6.54 Å². The van der Waals surface area contributed by atoms with E-state index >= 15 is 0 Å². The monoisotopic (exact) mass is 281 g/mol. The third kappa shape index (κ3) is 4.06. The van der Waals surface area contributed by atoms with Gasteiger partial charge in [-0.1, -0.05) is 0 Å². The predicted molar refractivity (Wildman–Crippen MR) is 74.2 cm³/mol. The number of hydrogen-bond acceptors (Lipinski definition) is 3. The number of carbonyl (C=O) groups is 2. The second-order valence-corrected chi connectivity index (χ2v) is 5.76. The Morgan fingerprint density at radius 2 is 2.26 bits per heavy atom. The molecule has 1 amide bonds. The molecule has 1 aromatic rings. The molecular weight excluding hydrogens is 262 g/mol. The Kier molecular flexibility index (Phi) is 4.96. The summed E-state index contributed by atoms with van der Waals surface area (Å²) < 4.78 is 0. The van der Waals surface area contributed by atoms with Crippen LogP contribution in [0.5, 0.6) is 0 Å². The number of carboxylic acid groups (broad SMARTS) is 1. The van der Waals surface area contributed by atoms with Gasteiger partial charge < -0.3 is 10.0 Å². The van der Waals surface area contributed by atoms with Gasteiger partial charge in [0.05, 0.1) is 6.42 Å². The minimum atomic E-state index is -0.782. The molecule has 0 saturated carbocycles. The molecule has 1 saturated heterocycles. The van der Waals surface area contributed by atoms with Crippen LogP contribution in [0.3, 0.4) is 0 Å². The Bertz CT molecular complexity index is 430. The van der Waals surface area contributed by atoms with Crippen LogP contribution in [0, 0.1) is 0 Å². The van der Waals surface area contributed by atoms with Crippen molar-refractivity contribution in [3.63, 3.8) is 0 Å². The molecule has 1 aromatic heterocycles. The fourth-order valence-electron chi connectivity index (χ4n) is 2.59. The van der Waals surface area contributed by atoms with Crippen molar-refractivity contribution < 1.29 is 14.7 Å². The first-order valence-corrected chi connectivity index (χ1v) is 7.63. The summed E-state index contributed by atoms with van der Waals surface area (Å²) in [6, 6.07) is 2.08. The van der Waals surface area contributed by atoms with Crippen molar-refractivity contribution in [1.82, 2.24) is 4.90 Å². The standard InChI is InChI=1S/C14H19NO3S/c16-13(9-11-6-8-19-10-11)15-7-2-1-3-12(15)4-5-14(17)18/h6,8,10,12H,1-5,7,9H2,(H,17,18)/t12-/m1/s1. The van der Waals surface area contributed by atoms with Crippen LogP contribution < -0.4 is 0 Å². The largest absolute Gasteiger partial charge is 0.481 e. The molecule has 0 aromatic carbocycles. The van der Waals surface area contributed by atoms with Crippen LogP contribution in [-0.4, -0.2) is 34.5 Å². The number of rotatable bonds is 5. The summed E-state index contributed by atoms with van der Waals surface area (Å²) in [4.78, 5) is 24.9. The van der Waals surface area contributed by atoms with Crippen molar-refractivity contribution in [2.24, 2.45) is 0 Å². The van der Waals surface area contributed by atoms with Gasteiger partial charge in [-0.05, 0) is 48.1 Å². The lowest BCUT2D eigenvalue weighted by molar-refractivity contribution is -0.139. The third-order valence-electron chi connectivity index (χ3n) is 3.57. The number of likely N-dealkylation sites (tertiary alicyclic amines) is 1. The van der Waals surface area contributed by atoms with Gasteiger partial charge in [-0.25, -0.2) is 0 Å². The van der Waals surface area contributed by atoms with E-state index in [9.17, 15) is 9.59 Å². The summed E-state index contributed by atoms with van der Waals surface area (Å²) >= 11 is 1.59. The second-order valence-electron chi connectivity index (χ2n) is 4.98. The first-order valence-electron chi connectivity index (χ1n) is 6.69. The average Bonchev–Trinajstić information content (AvgIpc) is 2.89. The average molecular weight is 281 g/mol. The first kappa shape index (κ1) is 14.1. The third-order valence-corrected chi connectivity index (χ3v) is 4.31. The van der Waals surface area contributed by atoms with Gasteiger partial charge in [0, 0.05) is 19.0 Å². The maximum atomic E-state index is 12.3. The highest BCUT2D eigenvalue weighted by Gasteiger charge is 2.26. The van der Waals surface area contributed by atoms with Gasteiger partial charge in [0.1, 0.15) is 0 Å². The Balaban J connectivity index is 1.94. The van der Waals surface area contributed by atoms with Gasteiger partial charge >= 0.3 is 5.97 Å². The molecule has 5 heteroatoms. The zero-order valence-corrected chi connectivity index (χ0v) is 11.7. The molecule has 0 aliphatic carbocycles. The lowest BCUT2D eigenvalue weighted by atomic mass is 9.97. The molecule has 0 bridgehead atoms. The van der Waals surface area contributed by atoms with E-state index in [1.807, 2.05) is 21.7 Å². The van der Waals surface area contributed by atoms with Crippen LogP contribution >= 0.6 is 11.3 Å². The maximum absolute atomic E-state index is 12.3. The summed E-state index contributed by atoms with van der Waals surface area (Å²) in [5.41, 5.74) is 1.05. The van der Waals surface area contributed by atoms with Crippen molar-refractivity contribution in [3.05, 3.63) is 22.4 Å². The molecule has 0 radical (unpaired) electrons. The number of carboxylic acids is 1. The smallest absolute Gasteiger partial charge is 0.303 e. The van der Waals surface area contributed by atoms with Gasteiger partial charge in [-0.3, -0.25) is 9.59 Å². The highest BCUT2D eigenvalue weighted by atomic mass is 32.1. The molecule has 2 rings (SSSR count). The molecule has 1 aliphatic rings. The lowest BCUT2D eigenvalue weighted by Crippen LogP contribution is -2.44. The van der Waals surface area contributed by atoms with E-state index in [-0.39, 0.29) is 18.4 Å². The molecule has 0 unspecified atom stereocenters. The molecule has 1 fully saturated rings. The maximum Gasteiger partial charge on any atom is 0.303 e. The molecule has 1 N–H and O–H groups in total. The van der Waals surface area contributed by atoms with Gasteiger partial charge in [0.15, 0.2) is 0 Å². The van der Waals surface area contributed by atoms with Gasteiger partial charge in [-0.15, -0.1) is 0 Å². The fourth-order valence-corrected chi connectivity index (χ4v) is 3.26. The Morgan fingerprint density at radius 3 is 2.95 bits per heavy atom. The molecule has 1 atom stereocenters. The van der Waals surface area contributed by atoms with E-state index in [0.29, 0.717) is 12.8 Å². The van der Waals surface area contributed by atoms with Crippen LogP contribution in [0.4, 0.5) is 0 Å². The lowest BCUT2D eigenvalue weighted by Gasteiger charge is -2.35. The zero-order valence-electron chi connectivity index (χ0n) is 10.9. The zero-order chi connectivity index (χ0) is 13.7. The first-order chi connectivity index (χ1) is 9.16. The van der Waals surface area contributed by atoms with Crippen molar-refractivity contribution in [3.8, 4) is 0 Å². The predicted octanol–water partition coefficient (Wildman–Crippen LogP) is 2.54. The number of amides is 1. The molecule has 4 nitrogen and oxygen atoms in total. The van der Waals surface area contributed by atoms with Crippen LogP contribution in [0.15, 0.2) is 16.8 Å².